The minimum Gasteiger partial charge on any atom is -0.748 e. The number of para-hydroxylation sites is 1. The second kappa shape index (κ2) is 15.7. The first kappa shape index (κ1) is 36.7. The Morgan fingerprint density at radius 3 is 2.17 bits per heavy atom. The van der Waals surface area contributed by atoms with Crippen LogP contribution in [0.5, 0.6) is 17.2 Å². The van der Waals surface area contributed by atoms with Gasteiger partial charge in [0.15, 0.2) is 16.4 Å². The molecule has 0 saturated heterocycles. The smallest absolute Gasteiger partial charge is 0.304 e. The topological polar surface area (TPSA) is 132 Å². The van der Waals surface area contributed by atoms with Crippen molar-refractivity contribution in [3.8, 4) is 17.2 Å². The first-order valence-electron chi connectivity index (χ1n) is 14.5. The van der Waals surface area contributed by atoms with E-state index >= 15 is 0 Å². The fourth-order valence-electron chi connectivity index (χ4n) is 4.96. The third-order valence-corrected chi connectivity index (χ3v) is 8.70. The molecule has 250 valence electrons. The number of methoxy groups -OCH3 is 3. The molecule has 1 heterocycles. The van der Waals surface area contributed by atoms with Crippen LogP contribution in [0.2, 0.25) is 0 Å². The van der Waals surface area contributed by atoms with E-state index in [1.54, 1.807) is 21.3 Å². The lowest BCUT2D eigenvalue weighted by Crippen LogP contribution is -2.48. The summed E-state index contributed by atoms with van der Waals surface area (Å²) in [6, 6.07) is 21.2. The number of esters is 1. The monoisotopic (exact) mass is 674 g/mol. The zero-order chi connectivity index (χ0) is 34.1. The Balaban J connectivity index is 0.00000107. The summed E-state index contributed by atoms with van der Waals surface area (Å²) in [4.78, 5) is 27.8. The number of likely N-dealkylation sites (N-methyl/N-ethyl adjacent to an activating group) is 1. The van der Waals surface area contributed by atoms with Crippen LogP contribution in [0.25, 0.3) is 0 Å². The summed E-state index contributed by atoms with van der Waals surface area (Å²) in [5, 5.41) is 0. The Morgan fingerprint density at radius 2 is 1.59 bits per heavy atom. The molecule has 0 fully saturated rings. The number of hydrogen-bond acceptors (Lipinski definition) is 10. The Kier molecular flexibility index (Phi) is 12.5. The van der Waals surface area contributed by atoms with E-state index in [0.29, 0.717) is 34.5 Å². The minimum absolute atomic E-state index is 0.0112. The molecule has 4 rings (SSSR count). The number of quaternary nitrogens is 1. The van der Waals surface area contributed by atoms with Gasteiger partial charge in [0.1, 0.15) is 5.75 Å². The van der Waals surface area contributed by atoms with Gasteiger partial charge in [-0.3, -0.25) is 9.59 Å². The van der Waals surface area contributed by atoms with Gasteiger partial charge in [0.2, 0.25) is 5.91 Å². The fourth-order valence-corrected chi connectivity index (χ4v) is 6.35. The predicted molar refractivity (Wildman–Crippen MR) is 176 cm³/mol. The molecule has 1 atom stereocenters. The van der Waals surface area contributed by atoms with E-state index < -0.39 is 21.0 Å². The lowest BCUT2D eigenvalue weighted by molar-refractivity contribution is -0.888. The molecule has 3 aromatic carbocycles. The molecule has 0 spiro atoms. The van der Waals surface area contributed by atoms with E-state index in [-0.39, 0.29) is 12.3 Å². The van der Waals surface area contributed by atoms with Gasteiger partial charge in [-0.1, -0.05) is 42.1 Å². The average molecular weight is 675 g/mol. The predicted octanol–water partition coefficient (Wildman–Crippen LogP) is 4.44. The molecule has 0 aromatic heterocycles. The second-order valence-corrected chi connectivity index (χ2v) is 14.1. The van der Waals surface area contributed by atoms with Crippen molar-refractivity contribution in [2.45, 2.75) is 29.6 Å². The van der Waals surface area contributed by atoms with Crippen molar-refractivity contribution >= 4 is 39.4 Å². The Labute approximate surface area is 275 Å². The third-order valence-electron chi connectivity index (χ3n) is 7.34. The van der Waals surface area contributed by atoms with E-state index in [1.807, 2.05) is 65.6 Å². The van der Waals surface area contributed by atoms with E-state index in [4.69, 9.17) is 31.9 Å². The molecule has 0 bridgehead atoms. The molecule has 3 aromatic rings. The molecule has 1 amide bonds. The Bertz CT molecular complexity index is 1600. The van der Waals surface area contributed by atoms with Gasteiger partial charge in [0, 0.05) is 30.1 Å². The first-order chi connectivity index (χ1) is 21.6. The molecule has 1 aliphatic heterocycles. The highest BCUT2D eigenvalue weighted by atomic mass is 32.2. The van der Waals surface area contributed by atoms with Crippen LogP contribution < -0.4 is 19.1 Å². The maximum atomic E-state index is 14.0. The van der Waals surface area contributed by atoms with E-state index in [9.17, 15) is 9.59 Å². The normalized spacial score (nSPS) is 16.3. The number of nitrogens with zero attached hydrogens (tertiary/aromatic N) is 2. The van der Waals surface area contributed by atoms with Crippen LogP contribution in [0.1, 0.15) is 24.5 Å². The maximum Gasteiger partial charge on any atom is 0.304 e. The molecule has 1 unspecified atom stereocenters. The van der Waals surface area contributed by atoms with E-state index in [2.05, 4.69) is 20.2 Å². The number of amides is 1. The molecule has 1 aliphatic rings. The minimum atomic E-state index is -3.92. The van der Waals surface area contributed by atoms with Crippen LogP contribution >= 0.6 is 11.8 Å². The fraction of sp³-hybridized carbons (Fsp3) is 0.394. The van der Waals surface area contributed by atoms with Gasteiger partial charge in [-0.2, -0.15) is 0 Å². The molecule has 46 heavy (non-hydrogen) atoms. The number of fused-ring (bicyclic) bond motifs is 1. The number of rotatable bonds is 11. The van der Waals surface area contributed by atoms with Crippen molar-refractivity contribution in [2.24, 2.45) is 0 Å². The van der Waals surface area contributed by atoms with E-state index in [1.165, 1.54) is 18.7 Å². The van der Waals surface area contributed by atoms with Crippen LogP contribution in [-0.2, 0) is 35.8 Å². The average Bonchev–Trinajstić information content (AvgIpc) is 3.11. The summed E-state index contributed by atoms with van der Waals surface area (Å²) in [5.74, 6) is 1.57. The number of benzene rings is 3. The maximum absolute atomic E-state index is 14.0. The summed E-state index contributed by atoms with van der Waals surface area (Å²) in [6.45, 7) is 3.51. The third kappa shape index (κ3) is 10.4. The molecule has 0 N–H and O–H groups in total. The number of hydrogen-bond donors (Lipinski definition) is 0. The lowest BCUT2D eigenvalue weighted by Gasteiger charge is -2.33. The molecule has 0 aliphatic carbocycles. The Morgan fingerprint density at radius 1 is 0.957 bits per heavy atom. The first-order valence-corrected chi connectivity index (χ1v) is 17.1. The summed E-state index contributed by atoms with van der Waals surface area (Å²) >= 11 is 1.40. The number of carbonyl (C=O) groups excluding carboxylic acids is 2. The standard InChI is InChI=1S/C32H39N2O6S.CH4O3S/c1-23(35)40-32(25-12-14-26(37-4)15-13-25)22-31(36)33(27-9-7-8-10-30(27)41-32)18-20-34(2,3)19-17-24-11-16-28(38-5)29(21-24)39-6;1-5(2,3)4/h7-16,21H,17-20,22H2,1-6H3;1H3,(H,2,3,4)/q+1;/p-1. The van der Waals surface area contributed by atoms with Crippen LogP contribution in [0.4, 0.5) is 5.69 Å². The summed E-state index contributed by atoms with van der Waals surface area (Å²) < 4.78 is 50.1. The van der Waals surface area contributed by atoms with Gasteiger partial charge >= 0.3 is 5.97 Å². The number of ether oxygens (including phenoxy) is 4. The van der Waals surface area contributed by atoms with Gasteiger partial charge in [-0.05, 0) is 42.0 Å². The summed E-state index contributed by atoms with van der Waals surface area (Å²) in [5.41, 5.74) is 2.71. The highest BCUT2D eigenvalue weighted by Crippen LogP contribution is 2.51. The number of anilines is 1. The molecule has 11 nitrogen and oxygen atoms in total. The second-order valence-electron chi connectivity index (χ2n) is 11.4. The molecular formula is C33H42N2O9S2. The summed E-state index contributed by atoms with van der Waals surface area (Å²) in [7, 11) is 5.30. The van der Waals surface area contributed by atoms with Gasteiger partial charge in [-0.25, -0.2) is 8.42 Å². The van der Waals surface area contributed by atoms with Gasteiger partial charge in [0.25, 0.3) is 0 Å². The summed E-state index contributed by atoms with van der Waals surface area (Å²) in [6.07, 6.45) is 1.46. The Hall–Kier alpha value is -3.78. The van der Waals surface area contributed by atoms with Crippen molar-refractivity contribution in [1.82, 2.24) is 0 Å². The van der Waals surface area contributed by atoms with Crippen molar-refractivity contribution in [1.29, 1.82) is 0 Å². The van der Waals surface area contributed by atoms with Gasteiger partial charge < -0.3 is 32.9 Å². The zero-order valence-corrected chi connectivity index (χ0v) is 28.9. The van der Waals surface area contributed by atoms with Crippen molar-refractivity contribution in [3.05, 3.63) is 77.9 Å². The van der Waals surface area contributed by atoms with Crippen LogP contribution in [0, 0.1) is 0 Å². The van der Waals surface area contributed by atoms with Crippen LogP contribution in [0.3, 0.4) is 0 Å². The van der Waals surface area contributed by atoms with Crippen LogP contribution in [-0.4, -0.2) is 90.6 Å². The number of carbonyl (C=O) groups is 2. The van der Waals surface area contributed by atoms with Crippen molar-refractivity contribution in [3.63, 3.8) is 0 Å². The van der Waals surface area contributed by atoms with Gasteiger partial charge in [0.05, 0.1) is 77.3 Å². The lowest BCUT2D eigenvalue weighted by atomic mass is 10.0. The molecule has 0 saturated carbocycles. The highest BCUT2D eigenvalue weighted by molar-refractivity contribution is 8.00. The van der Waals surface area contributed by atoms with Gasteiger partial charge in [-0.15, -0.1) is 0 Å². The van der Waals surface area contributed by atoms with E-state index in [0.717, 1.165) is 41.2 Å². The van der Waals surface area contributed by atoms with Crippen molar-refractivity contribution < 1.29 is 46.0 Å². The largest absolute Gasteiger partial charge is 0.748 e. The molecule has 0 radical (unpaired) electrons. The van der Waals surface area contributed by atoms with Crippen molar-refractivity contribution in [2.75, 3.05) is 66.2 Å². The SMILES string of the molecule is COc1ccc(C2(OC(C)=O)CC(=O)N(CC[N+](C)(C)CCc3ccc(OC)c(OC)c3)c3ccccc3S2)cc1.CS(=O)(=O)[O-]. The molecule has 13 heteroatoms. The van der Waals surface area contributed by atoms with Crippen LogP contribution in [0.15, 0.2) is 71.6 Å². The highest BCUT2D eigenvalue weighted by Gasteiger charge is 2.44. The zero-order valence-electron chi connectivity index (χ0n) is 27.3. The quantitative estimate of drug-likeness (QED) is 0.163. The number of thioether (sulfide) groups is 1. The molecular weight excluding hydrogens is 633 g/mol.